The molecule has 132 valence electrons. The number of phenolic OH excluding ortho intramolecular Hbond substituents is 1. The molecule has 0 spiro atoms. The first kappa shape index (κ1) is 17.0. The molecule has 1 heterocycles. The van der Waals surface area contributed by atoms with Gasteiger partial charge in [-0.05, 0) is 18.2 Å². The van der Waals surface area contributed by atoms with Crippen LogP contribution in [0.25, 0.3) is 0 Å². The predicted molar refractivity (Wildman–Crippen MR) is 87.1 cm³/mol. The number of hydrogen-bond donors (Lipinski definition) is 3. The molecule has 1 aliphatic rings. The molecule has 0 radical (unpaired) electrons. The maximum atomic E-state index is 12.5. The van der Waals surface area contributed by atoms with Gasteiger partial charge in [0.15, 0.2) is 5.75 Å². The van der Waals surface area contributed by atoms with Gasteiger partial charge in [0.2, 0.25) is 0 Å². The van der Waals surface area contributed by atoms with Gasteiger partial charge in [-0.3, -0.25) is 14.8 Å². The standard InChI is InChI=1S/C15H14N2O7S/c18-13-6-7-24-15-10(13)2-1-3-11(15)16-25(22,23)9-4-5-14(19)12(8-9)17(20)21/h1-5,8,13,16,18-19H,6-7H2. The summed E-state index contributed by atoms with van der Waals surface area (Å²) in [5.74, 6) is -0.411. The Kier molecular flexibility index (Phi) is 4.23. The third-order valence-electron chi connectivity index (χ3n) is 3.74. The van der Waals surface area contributed by atoms with E-state index in [-0.39, 0.29) is 22.9 Å². The Morgan fingerprint density at radius 1 is 1.28 bits per heavy atom. The van der Waals surface area contributed by atoms with Crippen LogP contribution in [0.5, 0.6) is 11.5 Å². The SMILES string of the molecule is O=[N+]([O-])c1cc(S(=O)(=O)Nc2cccc3c2OCCC3O)ccc1O. The van der Waals surface area contributed by atoms with Crippen LogP contribution in [-0.2, 0) is 10.0 Å². The van der Waals surface area contributed by atoms with Crippen molar-refractivity contribution in [2.45, 2.75) is 17.4 Å². The zero-order chi connectivity index (χ0) is 18.2. The van der Waals surface area contributed by atoms with E-state index in [0.29, 0.717) is 12.0 Å². The Morgan fingerprint density at radius 2 is 2.04 bits per heavy atom. The van der Waals surface area contributed by atoms with Crippen molar-refractivity contribution in [2.75, 3.05) is 11.3 Å². The molecule has 3 N–H and O–H groups in total. The zero-order valence-corrected chi connectivity index (χ0v) is 13.6. The van der Waals surface area contributed by atoms with Crippen LogP contribution in [0, 0.1) is 10.1 Å². The second kappa shape index (κ2) is 6.22. The molecular formula is C15H14N2O7S. The monoisotopic (exact) mass is 366 g/mol. The van der Waals surface area contributed by atoms with Gasteiger partial charge in [0, 0.05) is 18.1 Å². The lowest BCUT2D eigenvalue weighted by Crippen LogP contribution is -2.18. The molecule has 25 heavy (non-hydrogen) atoms. The molecule has 9 nitrogen and oxygen atoms in total. The molecule has 3 rings (SSSR count). The lowest BCUT2D eigenvalue weighted by molar-refractivity contribution is -0.386. The Bertz CT molecular complexity index is 943. The summed E-state index contributed by atoms with van der Waals surface area (Å²) in [7, 11) is -4.16. The molecule has 0 saturated heterocycles. The van der Waals surface area contributed by atoms with Crippen LogP contribution >= 0.6 is 0 Å². The van der Waals surface area contributed by atoms with Crippen molar-refractivity contribution in [1.29, 1.82) is 0 Å². The molecule has 0 saturated carbocycles. The number of aliphatic hydroxyl groups is 1. The van der Waals surface area contributed by atoms with E-state index in [1.807, 2.05) is 0 Å². The highest BCUT2D eigenvalue weighted by atomic mass is 32.2. The number of aromatic hydroxyl groups is 1. The number of nitrogens with zero attached hydrogens (tertiary/aromatic N) is 1. The van der Waals surface area contributed by atoms with Crippen molar-refractivity contribution >= 4 is 21.4 Å². The Balaban J connectivity index is 2.00. The fourth-order valence-electron chi connectivity index (χ4n) is 2.51. The lowest BCUT2D eigenvalue weighted by Gasteiger charge is -2.24. The smallest absolute Gasteiger partial charge is 0.312 e. The minimum atomic E-state index is -4.16. The first-order valence-electron chi connectivity index (χ1n) is 7.23. The van der Waals surface area contributed by atoms with Gasteiger partial charge in [0.1, 0.15) is 5.75 Å². The second-order valence-corrected chi connectivity index (χ2v) is 7.07. The molecule has 0 aliphatic carbocycles. The highest BCUT2D eigenvalue weighted by Crippen LogP contribution is 2.39. The van der Waals surface area contributed by atoms with Gasteiger partial charge in [-0.2, -0.15) is 0 Å². The average Bonchev–Trinajstić information content (AvgIpc) is 2.55. The van der Waals surface area contributed by atoms with Gasteiger partial charge >= 0.3 is 5.69 Å². The van der Waals surface area contributed by atoms with Crippen LogP contribution < -0.4 is 9.46 Å². The van der Waals surface area contributed by atoms with E-state index < -0.39 is 32.5 Å². The van der Waals surface area contributed by atoms with Gasteiger partial charge in [-0.1, -0.05) is 12.1 Å². The quantitative estimate of drug-likeness (QED) is 0.555. The molecule has 10 heteroatoms. The van der Waals surface area contributed by atoms with Gasteiger partial charge in [-0.15, -0.1) is 0 Å². The maximum absolute atomic E-state index is 12.5. The number of para-hydroxylation sites is 1. The molecule has 0 bridgehead atoms. The van der Waals surface area contributed by atoms with E-state index in [1.165, 1.54) is 6.07 Å². The first-order chi connectivity index (χ1) is 11.8. The third-order valence-corrected chi connectivity index (χ3v) is 5.10. The maximum Gasteiger partial charge on any atom is 0.312 e. The van der Waals surface area contributed by atoms with E-state index >= 15 is 0 Å². The number of nitro benzene ring substituents is 1. The summed E-state index contributed by atoms with van der Waals surface area (Å²) in [6, 6.07) is 7.41. The fraction of sp³-hybridized carbons (Fsp3) is 0.200. The van der Waals surface area contributed by atoms with Crippen molar-refractivity contribution in [3.05, 3.63) is 52.1 Å². The van der Waals surface area contributed by atoms with Gasteiger partial charge in [0.05, 0.1) is 28.2 Å². The molecule has 2 aromatic rings. The number of hydrogen-bond acceptors (Lipinski definition) is 7. The van der Waals surface area contributed by atoms with Gasteiger partial charge in [-0.25, -0.2) is 8.42 Å². The van der Waals surface area contributed by atoms with E-state index in [0.717, 1.165) is 18.2 Å². The number of aliphatic hydroxyl groups excluding tert-OH is 1. The summed E-state index contributed by atoms with van der Waals surface area (Å²) < 4.78 is 32.8. The number of phenols is 1. The number of benzene rings is 2. The van der Waals surface area contributed by atoms with Gasteiger partial charge < -0.3 is 14.9 Å². The van der Waals surface area contributed by atoms with E-state index in [4.69, 9.17) is 4.74 Å². The summed E-state index contributed by atoms with van der Waals surface area (Å²) in [6.45, 7) is 0.234. The number of fused-ring (bicyclic) bond motifs is 1. The molecule has 1 aliphatic heterocycles. The molecule has 0 fully saturated rings. The lowest BCUT2D eigenvalue weighted by atomic mass is 10.0. The predicted octanol–water partition coefficient (Wildman–Crippen LogP) is 1.92. The summed E-state index contributed by atoms with van der Waals surface area (Å²) in [5, 5.41) is 30.3. The molecule has 0 amide bonds. The van der Waals surface area contributed by atoms with Crippen LogP contribution in [0.4, 0.5) is 11.4 Å². The van der Waals surface area contributed by atoms with Crippen LogP contribution in [0.2, 0.25) is 0 Å². The van der Waals surface area contributed by atoms with Crippen LogP contribution in [-0.4, -0.2) is 30.2 Å². The van der Waals surface area contributed by atoms with Crippen LogP contribution in [0.3, 0.4) is 0 Å². The topological polar surface area (TPSA) is 139 Å². The number of anilines is 1. The highest BCUT2D eigenvalue weighted by Gasteiger charge is 2.26. The molecule has 1 unspecified atom stereocenters. The number of nitro groups is 1. The zero-order valence-electron chi connectivity index (χ0n) is 12.7. The van der Waals surface area contributed by atoms with E-state index in [2.05, 4.69) is 4.72 Å². The van der Waals surface area contributed by atoms with Gasteiger partial charge in [0.25, 0.3) is 10.0 Å². The molecule has 0 aromatic heterocycles. The molecule has 2 aromatic carbocycles. The Labute approximate surface area is 142 Å². The van der Waals surface area contributed by atoms with Crippen molar-refractivity contribution in [1.82, 2.24) is 0 Å². The third kappa shape index (κ3) is 3.21. The van der Waals surface area contributed by atoms with Crippen LogP contribution in [0.1, 0.15) is 18.1 Å². The fourth-order valence-corrected chi connectivity index (χ4v) is 3.59. The normalized spacial score (nSPS) is 16.6. The van der Waals surface area contributed by atoms with Crippen LogP contribution in [0.15, 0.2) is 41.3 Å². The van der Waals surface area contributed by atoms with Crippen molar-refractivity contribution in [3.8, 4) is 11.5 Å². The van der Waals surface area contributed by atoms with E-state index in [9.17, 15) is 28.7 Å². The molecule has 1 atom stereocenters. The number of rotatable bonds is 4. The second-order valence-electron chi connectivity index (χ2n) is 5.39. The highest BCUT2D eigenvalue weighted by molar-refractivity contribution is 7.92. The minimum Gasteiger partial charge on any atom is -0.502 e. The summed E-state index contributed by atoms with van der Waals surface area (Å²) in [5.41, 5.74) is -0.139. The number of sulfonamides is 1. The minimum absolute atomic E-state index is 0.118. The summed E-state index contributed by atoms with van der Waals surface area (Å²) in [4.78, 5) is 9.61. The largest absolute Gasteiger partial charge is 0.502 e. The van der Waals surface area contributed by atoms with Crippen molar-refractivity contribution in [3.63, 3.8) is 0 Å². The average molecular weight is 366 g/mol. The molecular weight excluding hydrogens is 352 g/mol. The van der Waals surface area contributed by atoms with Crippen molar-refractivity contribution in [2.24, 2.45) is 0 Å². The van der Waals surface area contributed by atoms with E-state index in [1.54, 1.807) is 12.1 Å². The Morgan fingerprint density at radius 3 is 2.76 bits per heavy atom. The summed E-state index contributed by atoms with van der Waals surface area (Å²) >= 11 is 0. The number of ether oxygens (including phenoxy) is 1. The number of nitrogens with one attached hydrogen (secondary N) is 1. The van der Waals surface area contributed by atoms with Crippen molar-refractivity contribution < 1.29 is 28.3 Å². The Hall–Kier alpha value is -2.85. The first-order valence-corrected chi connectivity index (χ1v) is 8.72. The summed E-state index contributed by atoms with van der Waals surface area (Å²) in [6.07, 6.45) is -0.365.